The SMILES string of the molecule is Cc1ccc(CCCCn2ccc(=O)c(O)c2C)cc1. The van der Waals surface area contributed by atoms with Crippen LogP contribution in [-0.2, 0) is 13.0 Å². The van der Waals surface area contributed by atoms with Crippen molar-refractivity contribution >= 4 is 0 Å². The number of benzene rings is 1. The average molecular weight is 271 g/mol. The monoisotopic (exact) mass is 271 g/mol. The first-order valence-electron chi connectivity index (χ1n) is 7.02. The van der Waals surface area contributed by atoms with E-state index < -0.39 is 0 Å². The molecule has 0 aliphatic heterocycles. The van der Waals surface area contributed by atoms with E-state index in [0.717, 1.165) is 25.8 Å². The van der Waals surface area contributed by atoms with Crippen LogP contribution in [0.4, 0.5) is 0 Å². The second-order valence-electron chi connectivity index (χ2n) is 5.25. The molecule has 106 valence electrons. The van der Waals surface area contributed by atoms with Crippen molar-refractivity contribution in [3.05, 3.63) is 63.6 Å². The van der Waals surface area contributed by atoms with E-state index in [9.17, 15) is 9.90 Å². The van der Waals surface area contributed by atoms with Gasteiger partial charge in [-0.15, -0.1) is 0 Å². The molecule has 1 aromatic carbocycles. The highest BCUT2D eigenvalue weighted by Gasteiger charge is 2.04. The van der Waals surface area contributed by atoms with Gasteiger partial charge in [0.1, 0.15) is 0 Å². The Morgan fingerprint density at radius 1 is 1.05 bits per heavy atom. The Bertz CT molecular complexity index is 626. The fraction of sp³-hybridized carbons (Fsp3) is 0.353. The highest BCUT2D eigenvalue weighted by molar-refractivity contribution is 5.25. The maximum atomic E-state index is 11.3. The van der Waals surface area contributed by atoms with Gasteiger partial charge in [-0.2, -0.15) is 0 Å². The number of unbranched alkanes of at least 4 members (excludes halogenated alkanes) is 1. The molecule has 20 heavy (non-hydrogen) atoms. The van der Waals surface area contributed by atoms with Gasteiger partial charge in [0.05, 0.1) is 5.69 Å². The number of pyridine rings is 1. The van der Waals surface area contributed by atoms with Crippen LogP contribution in [-0.4, -0.2) is 9.67 Å². The molecule has 0 saturated carbocycles. The Hall–Kier alpha value is -2.03. The fourth-order valence-electron chi connectivity index (χ4n) is 2.27. The fourth-order valence-corrected chi connectivity index (χ4v) is 2.27. The maximum absolute atomic E-state index is 11.3. The van der Waals surface area contributed by atoms with Gasteiger partial charge in [-0.05, 0) is 38.7 Å². The van der Waals surface area contributed by atoms with Crippen molar-refractivity contribution in [2.45, 2.75) is 39.7 Å². The minimum atomic E-state index is -0.307. The van der Waals surface area contributed by atoms with Gasteiger partial charge in [0.2, 0.25) is 5.43 Å². The predicted octanol–water partition coefficient (Wildman–Crippen LogP) is 3.19. The van der Waals surface area contributed by atoms with E-state index in [1.54, 1.807) is 13.1 Å². The number of nitrogens with zero attached hydrogens (tertiary/aromatic N) is 1. The van der Waals surface area contributed by atoms with Gasteiger partial charge in [0.15, 0.2) is 5.75 Å². The quantitative estimate of drug-likeness (QED) is 0.849. The van der Waals surface area contributed by atoms with E-state index in [1.807, 2.05) is 4.57 Å². The first-order chi connectivity index (χ1) is 9.58. The molecule has 1 aromatic heterocycles. The maximum Gasteiger partial charge on any atom is 0.223 e. The zero-order valence-corrected chi connectivity index (χ0v) is 12.1. The predicted molar refractivity (Wildman–Crippen MR) is 81.2 cm³/mol. The first-order valence-corrected chi connectivity index (χ1v) is 7.02. The summed E-state index contributed by atoms with van der Waals surface area (Å²) in [4.78, 5) is 11.3. The van der Waals surface area contributed by atoms with Crippen LogP contribution in [0.1, 0.15) is 29.7 Å². The first kappa shape index (κ1) is 14.4. The smallest absolute Gasteiger partial charge is 0.223 e. The van der Waals surface area contributed by atoms with Crippen molar-refractivity contribution in [3.63, 3.8) is 0 Å². The molecular weight excluding hydrogens is 250 g/mol. The van der Waals surface area contributed by atoms with Crippen molar-refractivity contribution in [1.29, 1.82) is 0 Å². The molecular formula is C17H21NO2. The van der Waals surface area contributed by atoms with Gasteiger partial charge < -0.3 is 9.67 Å². The molecule has 0 radical (unpaired) electrons. The number of aromatic hydroxyl groups is 1. The van der Waals surface area contributed by atoms with Crippen LogP contribution in [0.15, 0.2) is 41.3 Å². The number of hydrogen-bond donors (Lipinski definition) is 1. The van der Waals surface area contributed by atoms with Crippen LogP contribution < -0.4 is 5.43 Å². The molecule has 1 N–H and O–H groups in total. The van der Waals surface area contributed by atoms with E-state index in [-0.39, 0.29) is 11.2 Å². The Labute approximate surface area is 119 Å². The lowest BCUT2D eigenvalue weighted by molar-refractivity contribution is 0.450. The standard InChI is InChI=1S/C17H21NO2/c1-13-6-8-15(9-7-13)5-3-4-11-18-12-10-16(19)17(20)14(18)2/h6-10,12,20H,3-5,11H2,1-2H3. The van der Waals surface area contributed by atoms with E-state index in [4.69, 9.17) is 0 Å². The molecule has 0 bridgehead atoms. The summed E-state index contributed by atoms with van der Waals surface area (Å²) in [5, 5.41) is 9.61. The normalized spacial score (nSPS) is 10.7. The second kappa shape index (κ2) is 6.42. The summed E-state index contributed by atoms with van der Waals surface area (Å²) in [5.74, 6) is -0.133. The molecule has 0 atom stereocenters. The molecule has 0 aliphatic rings. The summed E-state index contributed by atoms with van der Waals surface area (Å²) in [6.07, 6.45) is 4.93. The number of rotatable bonds is 5. The van der Waals surface area contributed by atoms with Gasteiger partial charge >= 0.3 is 0 Å². The summed E-state index contributed by atoms with van der Waals surface area (Å²) in [6, 6.07) is 10.0. The van der Waals surface area contributed by atoms with E-state index in [1.165, 1.54) is 17.2 Å². The lowest BCUT2D eigenvalue weighted by Crippen LogP contribution is -2.10. The molecule has 0 unspecified atom stereocenters. The zero-order valence-electron chi connectivity index (χ0n) is 12.1. The van der Waals surface area contributed by atoms with Crippen molar-refractivity contribution in [2.24, 2.45) is 0 Å². The van der Waals surface area contributed by atoms with Crippen LogP contribution >= 0.6 is 0 Å². The number of hydrogen-bond acceptors (Lipinski definition) is 2. The molecule has 2 rings (SSSR count). The Morgan fingerprint density at radius 2 is 1.75 bits per heavy atom. The zero-order chi connectivity index (χ0) is 14.5. The summed E-state index contributed by atoms with van der Waals surface area (Å²) >= 11 is 0. The van der Waals surface area contributed by atoms with Crippen LogP contribution in [0.5, 0.6) is 5.75 Å². The third kappa shape index (κ3) is 3.50. The lowest BCUT2D eigenvalue weighted by atomic mass is 10.1. The number of aryl methyl sites for hydroxylation is 3. The molecule has 3 heteroatoms. The van der Waals surface area contributed by atoms with Crippen LogP contribution in [0, 0.1) is 13.8 Å². The molecule has 1 heterocycles. The third-order valence-electron chi connectivity index (χ3n) is 3.65. The van der Waals surface area contributed by atoms with Gasteiger partial charge in [-0.1, -0.05) is 29.8 Å². The highest BCUT2D eigenvalue weighted by Crippen LogP contribution is 2.12. The largest absolute Gasteiger partial charge is 0.503 e. The van der Waals surface area contributed by atoms with E-state index in [0.29, 0.717) is 5.69 Å². The Kier molecular flexibility index (Phi) is 4.61. The Balaban J connectivity index is 1.86. The Morgan fingerprint density at radius 3 is 2.45 bits per heavy atom. The summed E-state index contributed by atoms with van der Waals surface area (Å²) in [6.45, 7) is 4.69. The summed E-state index contributed by atoms with van der Waals surface area (Å²) < 4.78 is 1.94. The summed E-state index contributed by atoms with van der Waals surface area (Å²) in [5.41, 5.74) is 2.98. The second-order valence-corrected chi connectivity index (χ2v) is 5.25. The van der Waals surface area contributed by atoms with E-state index in [2.05, 4.69) is 31.2 Å². The van der Waals surface area contributed by atoms with Gasteiger partial charge in [0.25, 0.3) is 0 Å². The topological polar surface area (TPSA) is 42.2 Å². The van der Waals surface area contributed by atoms with Crippen molar-refractivity contribution in [1.82, 2.24) is 4.57 Å². The lowest BCUT2D eigenvalue weighted by Gasteiger charge is -2.11. The van der Waals surface area contributed by atoms with Crippen LogP contribution in [0.3, 0.4) is 0 Å². The van der Waals surface area contributed by atoms with Crippen molar-refractivity contribution < 1.29 is 5.11 Å². The molecule has 2 aromatic rings. The highest BCUT2D eigenvalue weighted by atomic mass is 16.3. The molecule has 0 aliphatic carbocycles. The molecule has 3 nitrogen and oxygen atoms in total. The van der Waals surface area contributed by atoms with Gasteiger partial charge in [-0.25, -0.2) is 0 Å². The molecule has 0 fully saturated rings. The molecule has 0 saturated heterocycles. The van der Waals surface area contributed by atoms with Crippen molar-refractivity contribution in [3.8, 4) is 5.75 Å². The molecule has 0 amide bonds. The van der Waals surface area contributed by atoms with Gasteiger partial charge in [-0.3, -0.25) is 4.79 Å². The minimum absolute atomic E-state index is 0.133. The van der Waals surface area contributed by atoms with Crippen molar-refractivity contribution in [2.75, 3.05) is 0 Å². The third-order valence-corrected chi connectivity index (χ3v) is 3.65. The average Bonchev–Trinajstić information content (AvgIpc) is 2.45. The van der Waals surface area contributed by atoms with Crippen LogP contribution in [0.25, 0.3) is 0 Å². The minimum Gasteiger partial charge on any atom is -0.503 e. The van der Waals surface area contributed by atoms with E-state index >= 15 is 0 Å². The molecule has 0 spiro atoms. The summed E-state index contributed by atoms with van der Waals surface area (Å²) in [7, 11) is 0. The van der Waals surface area contributed by atoms with Gasteiger partial charge in [0, 0.05) is 18.8 Å². The van der Waals surface area contributed by atoms with Crippen LogP contribution in [0.2, 0.25) is 0 Å². The number of aromatic nitrogens is 1.